The van der Waals surface area contributed by atoms with E-state index in [0.29, 0.717) is 25.9 Å². The topological polar surface area (TPSA) is 98.7 Å². The summed E-state index contributed by atoms with van der Waals surface area (Å²) in [6.45, 7) is 0.807. The average Bonchev–Trinajstić information content (AvgIpc) is 2.65. The van der Waals surface area contributed by atoms with Gasteiger partial charge in [0.25, 0.3) is 0 Å². The van der Waals surface area contributed by atoms with Crippen molar-refractivity contribution in [2.45, 2.75) is 44.1 Å². The summed E-state index contributed by atoms with van der Waals surface area (Å²) in [7, 11) is 0. The van der Waals surface area contributed by atoms with Crippen molar-refractivity contribution in [1.29, 1.82) is 0 Å². The summed E-state index contributed by atoms with van der Waals surface area (Å²) in [5.74, 6) is -1.19. The number of carboxylic acids is 1. The largest absolute Gasteiger partial charge is 0.480 e. The van der Waals surface area contributed by atoms with E-state index in [1.54, 1.807) is 0 Å². The summed E-state index contributed by atoms with van der Waals surface area (Å²) in [6.07, 6.45) is 4.50. The fraction of sp³-hybridized carbons (Fsp3) is 0.769. The number of carbonyl (C=O) groups is 3. The molecule has 7 nitrogen and oxygen atoms in total. The quantitative estimate of drug-likeness (QED) is 0.635. The number of nitrogens with zero attached hydrogens (tertiary/aromatic N) is 1. The van der Waals surface area contributed by atoms with Crippen molar-refractivity contribution in [3.05, 3.63) is 0 Å². The minimum Gasteiger partial charge on any atom is -0.480 e. The first kappa shape index (κ1) is 14.6. The van der Waals surface area contributed by atoms with Gasteiger partial charge in [-0.3, -0.25) is 4.79 Å². The monoisotopic (exact) mass is 283 g/mol. The second kappa shape index (κ2) is 6.11. The molecule has 0 aromatic carbocycles. The maximum Gasteiger partial charge on any atom is 0.329 e. The van der Waals surface area contributed by atoms with Crippen LogP contribution in [0.25, 0.3) is 0 Å². The van der Waals surface area contributed by atoms with Crippen molar-refractivity contribution >= 4 is 17.9 Å². The highest BCUT2D eigenvalue weighted by Crippen LogP contribution is 2.27. The van der Waals surface area contributed by atoms with Crippen molar-refractivity contribution in [2.75, 3.05) is 19.6 Å². The molecule has 1 saturated carbocycles. The molecule has 2 fully saturated rings. The van der Waals surface area contributed by atoms with Crippen LogP contribution in [0.5, 0.6) is 0 Å². The van der Waals surface area contributed by atoms with Gasteiger partial charge in [0.2, 0.25) is 5.91 Å². The van der Waals surface area contributed by atoms with Gasteiger partial charge in [-0.25, -0.2) is 9.59 Å². The lowest BCUT2D eigenvalue weighted by atomic mass is 9.90. The molecule has 3 amide bonds. The highest BCUT2D eigenvalue weighted by molar-refractivity contribution is 5.89. The maximum absolute atomic E-state index is 12.2. The molecule has 2 rings (SSSR count). The third-order valence-corrected chi connectivity index (χ3v) is 4.04. The predicted molar refractivity (Wildman–Crippen MR) is 71.2 cm³/mol. The molecule has 0 radical (unpaired) electrons. The van der Waals surface area contributed by atoms with Gasteiger partial charge in [-0.05, 0) is 12.8 Å². The Kier molecular flexibility index (Phi) is 4.46. The molecule has 112 valence electrons. The molecule has 0 bridgehead atoms. The molecule has 7 heteroatoms. The molecular weight excluding hydrogens is 262 g/mol. The number of carbonyl (C=O) groups excluding carboxylic acids is 2. The number of nitrogens with one attached hydrogen (secondary N) is 2. The fourth-order valence-electron chi connectivity index (χ4n) is 2.82. The van der Waals surface area contributed by atoms with Gasteiger partial charge in [0, 0.05) is 13.1 Å². The first-order valence-corrected chi connectivity index (χ1v) is 7.11. The Morgan fingerprint density at radius 3 is 2.40 bits per heavy atom. The lowest BCUT2D eigenvalue weighted by molar-refractivity contribution is -0.145. The smallest absolute Gasteiger partial charge is 0.329 e. The first-order valence-electron chi connectivity index (χ1n) is 7.11. The van der Waals surface area contributed by atoms with E-state index in [0.717, 1.165) is 25.7 Å². The average molecular weight is 283 g/mol. The van der Waals surface area contributed by atoms with Gasteiger partial charge >= 0.3 is 12.0 Å². The Hall–Kier alpha value is -1.79. The highest BCUT2D eigenvalue weighted by atomic mass is 16.4. The van der Waals surface area contributed by atoms with Crippen molar-refractivity contribution in [2.24, 2.45) is 0 Å². The van der Waals surface area contributed by atoms with Crippen LogP contribution >= 0.6 is 0 Å². The van der Waals surface area contributed by atoms with Crippen LogP contribution in [0.2, 0.25) is 0 Å². The van der Waals surface area contributed by atoms with Gasteiger partial charge < -0.3 is 20.6 Å². The summed E-state index contributed by atoms with van der Waals surface area (Å²) in [5, 5.41) is 14.8. The molecule has 1 heterocycles. The number of carboxylic acid groups (broad SMARTS) is 1. The van der Waals surface area contributed by atoms with Gasteiger partial charge in [0.1, 0.15) is 12.1 Å². The van der Waals surface area contributed by atoms with Gasteiger partial charge in [-0.1, -0.05) is 25.7 Å². The molecule has 0 unspecified atom stereocenters. The maximum atomic E-state index is 12.2. The molecule has 0 atom stereocenters. The molecule has 0 aromatic rings. The third kappa shape index (κ3) is 3.20. The Bertz CT molecular complexity index is 402. The minimum atomic E-state index is -1.18. The molecule has 3 N–H and O–H groups in total. The number of hydrogen-bond donors (Lipinski definition) is 3. The van der Waals surface area contributed by atoms with Gasteiger partial charge in [0.15, 0.2) is 0 Å². The van der Waals surface area contributed by atoms with Crippen LogP contribution < -0.4 is 10.6 Å². The van der Waals surface area contributed by atoms with Crippen LogP contribution in [0, 0.1) is 0 Å². The summed E-state index contributed by atoms with van der Waals surface area (Å²) in [6, 6.07) is -0.454. The van der Waals surface area contributed by atoms with Crippen LogP contribution in [0.1, 0.15) is 38.5 Å². The summed E-state index contributed by atoms with van der Waals surface area (Å²) >= 11 is 0. The minimum absolute atomic E-state index is 0.0124. The Labute approximate surface area is 117 Å². The van der Waals surface area contributed by atoms with Crippen LogP contribution in [0.4, 0.5) is 4.79 Å². The van der Waals surface area contributed by atoms with E-state index in [4.69, 9.17) is 0 Å². The zero-order valence-corrected chi connectivity index (χ0v) is 11.5. The van der Waals surface area contributed by atoms with Crippen molar-refractivity contribution in [1.82, 2.24) is 15.5 Å². The molecule has 1 aliphatic heterocycles. The molecule has 0 aromatic heterocycles. The zero-order valence-electron chi connectivity index (χ0n) is 11.5. The Morgan fingerprint density at radius 2 is 1.85 bits per heavy atom. The Morgan fingerprint density at radius 1 is 1.20 bits per heavy atom. The normalized spacial score (nSPS) is 22.6. The number of urea groups is 1. The van der Waals surface area contributed by atoms with E-state index < -0.39 is 17.5 Å². The molecule has 1 saturated heterocycles. The lowest BCUT2D eigenvalue weighted by Gasteiger charge is -2.34. The van der Waals surface area contributed by atoms with Crippen molar-refractivity contribution < 1.29 is 19.5 Å². The van der Waals surface area contributed by atoms with Gasteiger partial charge in [-0.2, -0.15) is 0 Å². The first-order chi connectivity index (χ1) is 9.53. The fourth-order valence-corrected chi connectivity index (χ4v) is 2.82. The zero-order chi connectivity index (χ0) is 14.6. The van der Waals surface area contributed by atoms with Gasteiger partial charge in [-0.15, -0.1) is 0 Å². The van der Waals surface area contributed by atoms with E-state index in [9.17, 15) is 19.5 Å². The Balaban J connectivity index is 2.05. The number of piperazine rings is 1. The molecule has 20 heavy (non-hydrogen) atoms. The van der Waals surface area contributed by atoms with E-state index >= 15 is 0 Å². The molecular formula is C13H21N3O4. The molecule has 2 aliphatic rings. The third-order valence-electron chi connectivity index (χ3n) is 4.04. The SMILES string of the molecule is O=C1CN(C(=O)NC2(C(=O)O)CCCCCC2)CCN1. The van der Waals surface area contributed by atoms with Crippen molar-refractivity contribution in [3.63, 3.8) is 0 Å². The van der Waals surface area contributed by atoms with Crippen molar-refractivity contribution in [3.8, 4) is 0 Å². The second-order valence-electron chi connectivity index (χ2n) is 5.50. The van der Waals surface area contributed by atoms with E-state index in [1.165, 1.54) is 4.90 Å². The van der Waals surface area contributed by atoms with Crippen LogP contribution in [0.3, 0.4) is 0 Å². The van der Waals surface area contributed by atoms with Crippen LogP contribution in [0.15, 0.2) is 0 Å². The lowest BCUT2D eigenvalue weighted by Crippen LogP contribution is -2.60. The number of rotatable bonds is 2. The number of amides is 3. The second-order valence-corrected chi connectivity index (χ2v) is 5.50. The summed E-state index contributed by atoms with van der Waals surface area (Å²) in [5.41, 5.74) is -1.18. The standard InChI is InChI=1S/C13H21N3O4/c17-10-9-16(8-7-14-10)12(20)15-13(11(18)19)5-3-1-2-4-6-13/h1-9H2,(H,14,17)(H,15,20)(H,18,19). The van der Waals surface area contributed by atoms with E-state index in [2.05, 4.69) is 10.6 Å². The number of aliphatic carboxylic acids is 1. The van der Waals surface area contributed by atoms with Crippen LogP contribution in [-0.2, 0) is 9.59 Å². The molecule has 0 spiro atoms. The van der Waals surface area contributed by atoms with Crippen LogP contribution in [-0.4, -0.2) is 53.1 Å². The highest BCUT2D eigenvalue weighted by Gasteiger charge is 2.41. The predicted octanol–water partition coefficient (Wildman–Crippen LogP) is 0.305. The summed E-state index contributed by atoms with van der Waals surface area (Å²) in [4.78, 5) is 36.5. The van der Waals surface area contributed by atoms with E-state index in [-0.39, 0.29) is 12.5 Å². The number of hydrogen-bond acceptors (Lipinski definition) is 3. The molecule has 1 aliphatic carbocycles. The van der Waals surface area contributed by atoms with E-state index in [1.807, 2.05) is 0 Å². The van der Waals surface area contributed by atoms with Gasteiger partial charge in [0.05, 0.1) is 0 Å². The summed E-state index contributed by atoms with van der Waals surface area (Å²) < 4.78 is 0.